The van der Waals surface area contributed by atoms with E-state index in [4.69, 9.17) is 9.15 Å². The summed E-state index contributed by atoms with van der Waals surface area (Å²) in [6, 6.07) is 7.66. The van der Waals surface area contributed by atoms with Crippen molar-refractivity contribution < 1.29 is 18.7 Å². The molecule has 3 rings (SSSR count). The molecular weight excluding hydrogens is 362 g/mol. The van der Waals surface area contributed by atoms with Crippen molar-refractivity contribution in [2.24, 2.45) is 0 Å². The molecule has 0 bridgehead atoms. The Morgan fingerprint density at radius 3 is 2.63 bits per heavy atom. The molecule has 2 aromatic rings. The number of para-hydroxylation sites is 1. The lowest BCUT2D eigenvalue weighted by molar-refractivity contribution is -0.137. The molecule has 1 atom stereocenters. The van der Waals surface area contributed by atoms with Gasteiger partial charge in [-0.3, -0.25) is 4.79 Å². The lowest BCUT2D eigenvalue weighted by Gasteiger charge is -2.21. The molecule has 0 aliphatic heterocycles. The number of hydrogen-bond donors (Lipinski definition) is 0. The number of nitrogens with zero attached hydrogens (tertiary/aromatic N) is 1. The highest BCUT2D eigenvalue weighted by atomic mass is 32.2. The van der Waals surface area contributed by atoms with Crippen LogP contribution in [0.5, 0.6) is 0 Å². The van der Waals surface area contributed by atoms with Crippen LogP contribution in [0, 0.1) is 0 Å². The van der Waals surface area contributed by atoms with Crippen LogP contribution in [0.3, 0.4) is 0 Å². The van der Waals surface area contributed by atoms with Crippen molar-refractivity contribution in [3.05, 3.63) is 35.6 Å². The molecule has 1 aromatic heterocycles. The smallest absolute Gasteiger partial charge is 0.375 e. The van der Waals surface area contributed by atoms with E-state index in [1.807, 2.05) is 36.0 Å². The third-order valence-electron chi connectivity index (χ3n) is 4.97. The zero-order valence-electron chi connectivity index (χ0n) is 16.2. The quantitative estimate of drug-likeness (QED) is 0.674. The molecule has 0 spiro atoms. The molecule has 0 radical (unpaired) electrons. The largest absolute Gasteiger partial charge is 0.449 e. The standard InChI is InChI=1S/C21H27NO4S/c1-14(20(23)22(2)3)25-21(24)19-17(13-27-15-9-5-4-6-10-15)16-11-7-8-12-18(16)26-19/h7-8,11-12,14-15H,4-6,9-10,13H2,1-3H3/t14-/m1/s1. The number of fused-ring (bicyclic) bond motifs is 1. The molecule has 1 aliphatic carbocycles. The lowest BCUT2D eigenvalue weighted by Crippen LogP contribution is -2.35. The second-order valence-electron chi connectivity index (χ2n) is 7.26. The maximum atomic E-state index is 12.7. The topological polar surface area (TPSA) is 59.8 Å². The molecule has 27 heavy (non-hydrogen) atoms. The molecular formula is C21H27NO4S. The second-order valence-corrected chi connectivity index (χ2v) is 8.55. The molecule has 0 N–H and O–H groups in total. The van der Waals surface area contributed by atoms with Crippen LogP contribution in [0.25, 0.3) is 11.0 Å². The number of benzene rings is 1. The lowest BCUT2D eigenvalue weighted by atomic mass is 10.0. The van der Waals surface area contributed by atoms with Crippen LogP contribution in [0.1, 0.15) is 55.1 Å². The van der Waals surface area contributed by atoms with Crippen LogP contribution < -0.4 is 0 Å². The summed E-state index contributed by atoms with van der Waals surface area (Å²) < 4.78 is 11.2. The first kappa shape index (κ1) is 19.8. The zero-order valence-corrected chi connectivity index (χ0v) is 17.0. The maximum absolute atomic E-state index is 12.7. The summed E-state index contributed by atoms with van der Waals surface area (Å²) in [4.78, 5) is 26.2. The minimum atomic E-state index is -0.848. The number of rotatable bonds is 6. The van der Waals surface area contributed by atoms with Crippen molar-refractivity contribution >= 4 is 34.6 Å². The summed E-state index contributed by atoms with van der Waals surface area (Å²) in [6.07, 6.45) is 5.50. The maximum Gasteiger partial charge on any atom is 0.375 e. The van der Waals surface area contributed by atoms with Crippen molar-refractivity contribution in [2.45, 2.75) is 56.1 Å². The van der Waals surface area contributed by atoms with E-state index in [0.29, 0.717) is 16.6 Å². The van der Waals surface area contributed by atoms with Gasteiger partial charge in [-0.15, -0.1) is 0 Å². The molecule has 1 aliphatic rings. The van der Waals surface area contributed by atoms with Gasteiger partial charge >= 0.3 is 5.97 Å². The fourth-order valence-electron chi connectivity index (χ4n) is 3.47. The molecule has 5 nitrogen and oxygen atoms in total. The van der Waals surface area contributed by atoms with E-state index in [1.165, 1.54) is 37.0 Å². The van der Waals surface area contributed by atoms with Gasteiger partial charge in [0.2, 0.25) is 5.76 Å². The fourth-order valence-corrected chi connectivity index (χ4v) is 4.82. The van der Waals surface area contributed by atoms with Crippen LogP contribution >= 0.6 is 11.8 Å². The van der Waals surface area contributed by atoms with Gasteiger partial charge < -0.3 is 14.1 Å². The van der Waals surface area contributed by atoms with E-state index in [2.05, 4.69) is 0 Å². The highest BCUT2D eigenvalue weighted by Crippen LogP contribution is 2.35. The summed E-state index contributed by atoms with van der Waals surface area (Å²) >= 11 is 1.89. The molecule has 1 fully saturated rings. The molecule has 1 amide bonds. The monoisotopic (exact) mass is 389 g/mol. The predicted octanol–water partition coefficient (Wildman–Crippen LogP) is 4.63. The van der Waals surface area contributed by atoms with E-state index in [-0.39, 0.29) is 11.7 Å². The van der Waals surface area contributed by atoms with Gasteiger partial charge in [0.05, 0.1) is 0 Å². The molecule has 146 valence electrons. The van der Waals surface area contributed by atoms with Crippen molar-refractivity contribution in [1.29, 1.82) is 0 Å². The Morgan fingerprint density at radius 1 is 1.22 bits per heavy atom. The van der Waals surface area contributed by atoms with Crippen LogP contribution in [0.15, 0.2) is 28.7 Å². The van der Waals surface area contributed by atoms with Crippen LogP contribution in [0.4, 0.5) is 0 Å². The van der Waals surface area contributed by atoms with Crippen molar-refractivity contribution in [2.75, 3.05) is 14.1 Å². The summed E-state index contributed by atoms with van der Waals surface area (Å²) in [7, 11) is 3.28. The number of hydrogen-bond acceptors (Lipinski definition) is 5. The first-order chi connectivity index (χ1) is 13.0. The average molecular weight is 390 g/mol. The Morgan fingerprint density at radius 2 is 1.93 bits per heavy atom. The highest BCUT2D eigenvalue weighted by molar-refractivity contribution is 7.99. The molecule has 1 aromatic carbocycles. The molecule has 6 heteroatoms. The highest BCUT2D eigenvalue weighted by Gasteiger charge is 2.27. The van der Waals surface area contributed by atoms with Gasteiger partial charge in [-0.05, 0) is 25.8 Å². The van der Waals surface area contributed by atoms with Gasteiger partial charge in [-0.2, -0.15) is 11.8 Å². The number of thioether (sulfide) groups is 1. The Kier molecular flexibility index (Phi) is 6.47. The van der Waals surface area contributed by atoms with Gasteiger partial charge in [-0.1, -0.05) is 37.5 Å². The van der Waals surface area contributed by atoms with E-state index < -0.39 is 12.1 Å². The third-order valence-corrected chi connectivity index (χ3v) is 6.37. The van der Waals surface area contributed by atoms with Crippen LogP contribution in [-0.4, -0.2) is 42.2 Å². The minimum absolute atomic E-state index is 0.220. The number of carbonyl (C=O) groups is 2. The SMILES string of the molecule is C[C@@H](OC(=O)c1oc2ccccc2c1CSC1CCCCC1)C(=O)N(C)C. The summed E-state index contributed by atoms with van der Waals surface area (Å²) in [5.41, 5.74) is 1.55. The van der Waals surface area contributed by atoms with E-state index in [0.717, 1.165) is 10.9 Å². The fraction of sp³-hybridized carbons (Fsp3) is 0.524. The summed E-state index contributed by atoms with van der Waals surface area (Å²) in [5, 5.41) is 1.57. The first-order valence-electron chi connectivity index (χ1n) is 9.51. The average Bonchev–Trinajstić information content (AvgIpc) is 3.05. The predicted molar refractivity (Wildman–Crippen MR) is 108 cm³/mol. The van der Waals surface area contributed by atoms with Crippen LogP contribution in [0.2, 0.25) is 0 Å². The Balaban J connectivity index is 1.81. The van der Waals surface area contributed by atoms with E-state index in [9.17, 15) is 9.59 Å². The van der Waals surface area contributed by atoms with Crippen molar-refractivity contribution in [1.82, 2.24) is 4.90 Å². The van der Waals surface area contributed by atoms with Gasteiger partial charge in [0, 0.05) is 36.0 Å². The van der Waals surface area contributed by atoms with Gasteiger partial charge in [0.1, 0.15) is 5.58 Å². The second kappa shape index (κ2) is 8.83. The summed E-state index contributed by atoms with van der Waals surface area (Å²) in [6.45, 7) is 1.58. The van der Waals surface area contributed by atoms with E-state index >= 15 is 0 Å². The van der Waals surface area contributed by atoms with Gasteiger partial charge in [0.15, 0.2) is 6.10 Å². The number of carbonyl (C=O) groups excluding carboxylic acids is 2. The van der Waals surface area contributed by atoms with E-state index in [1.54, 1.807) is 21.0 Å². The Labute approximate surface area is 164 Å². The number of furan rings is 1. The van der Waals surface area contributed by atoms with Crippen molar-refractivity contribution in [3.8, 4) is 0 Å². The third kappa shape index (κ3) is 4.67. The normalized spacial score (nSPS) is 16.3. The molecule has 1 saturated carbocycles. The number of likely N-dealkylation sites (N-methyl/N-ethyl adjacent to an activating group) is 1. The molecule has 1 heterocycles. The molecule has 0 saturated heterocycles. The Bertz CT molecular complexity index is 808. The number of amides is 1. The zero-order chi connectivity index (χ0) is 19.4. The van der Waals surface area contributed by atoms with Crippen LogP contribution in [-0.2, 0) is 15.3 Å². The number of ether oxygens (including phenoxy) is 1. The summed E-state index contributed by atoms with van der Waals surface area (Å²) in [5.74, 6) is 0.103. The molecule has 0 unspecified atom stereocenters. The van der Waals surface area contributed by atoms with Gasteiger partial charge in [0.25, 0.3) is 5.91 Å². The van der Waals surface area contributed by atoms with Gasteiger partial charge in [-0.25, -0.2) is 4.79 Å². The Hall–Kier alpha value is -1.95. The van der Waals surface area contributed by atoms with Crippen molar-refractivity contribution in [3.63, 3.8) is 0 Å². The first-order valence-corrected chi connectivity index (χ1v) is 10.6. The minimum Gasteiger partial charge on any atom is -0.449 e. The number of esters is 1.